The largest absolute Gasteiger partial charge is 0.465 e. The van der Waals surface area contributed by atoms with Crippen LogP contribution in [0.5, 0.6) is 0 Å². The minimum absolute atomic E-state index is 0.0849. The van der Waals surface area contributed by atoms with E-state index in [1.165, 1.54) is 25.3 Å². The van der Waals surface area contributed by atoms with Gasteiger partial charge in [-0.05, 0) is 24.6 Å². The summed E-state index contributed by atoms with van der Waals surface area (Å²) in [7, 11) is -3.71. The van der Waals surface area contributed by atoms with Crippen molar-refractivity contribution in [1.29, 1.82) is 0 Å². The van der Waals surface area contributed by atoms with E-state index >= 15 is 0 Å². The molecule has 1 atom stereocenters. The summed E-state index contributed by atoms with van der Waals surface area (Å²) in [6.07, 6.45) is 1.97. The molecule has 0 aliphatic rings. The molecule has 118 valence electrons. The quantitative estimate of drug-likeness (QED) is 0.415. The summed E-state index contributed by atoms with van der Waals surface area (Å²) in [6, 6.07) is 3.93. The van der Waals surface area contributed by atoms with Crippen molar-refractivity contribution in [3.63, 3.8) is 0 Å². The molecule has 1 aromatic rings. The molecule has 9 heteroatoms. The summed E-state index contributed by atoms with van der Waals surface area (Å²) in [4.78, 5) is 11.4. The Bertz CT molecular complexity index is 643. The molecule has 3 N–H and O–H groups in total. The lowest BCUT2D eigenvalue weighted by Crippen LogP contribution is -2.27. The Hall–Kier alpha value is -1.45. The Morgan fingerprint density at radius 2 is 2.10 bits per heavy atom. The van der Waals surface area contributed by atoms with Crippen molar-refractivity contribution in [2.75, 3.05) is 31.4 Å². The maximum Gasteiger partial charge on any atom is 0.339 e. The van der Waals surface area contributed by atoms with Gasteiger partial charge in [0, 0.05) is 35.0 Å². The van der Waals surface area contributed by atoms with Crippen LogP contribution in [-0.2, 0) is 25.6 Å². The van der Waals surface area contributed by atoms with Gasteiger partial charge >= 0.3 is 5.97 Å². The Morgan fingerprint density at radius 3 is 2.67 bits per heavy atom. The molecule has 1 unspecified atom stereocenters. The number of esters is 1. The summed E-state index contributed by atoms with van der Waals surface area (Å²) in [5.41, 5.74) is 5.71. The highest BCUT2D eigenvalue weighted by Crippen LogP contribution is 2.20. The van der Waals surface area contributed by atoms with Gasteiger partial charge in [0.15, 0.2) is 0 Å². The van der Waals surface area contributed by atoms with Crippen LogP contribution in [0.2, 0.25) is 0 Å². The molecule has 0 bridgehead atoms. The molecule has 0 fully saturated rings. The first-order valence-corrected chi connectivity index (χ1v) is 9.26. The maximum absolute atomic E-state index is 12.2. The predicted molar refractivity (Wildman–Crippen MR) is 80.9 cm³/mol. The van der Waals surface area contributed by atoms with Gasteiger partial charge in [0.05, 0.1) is 17.6 Å². The summed E-state index contributed by atoms with van der Waals surface area (Å²) in [5.74, 6) is -0.367. The average Bonchev–Trinajstić information content (AvgIpc) is 2.42. The average molecular weight is 334 g/mol. The van der Waals surface area contributed by atoms with Crippen LogP contribution in [0.3, 0.4) is 0 Å². The highest BCUT2D eigenvalue weighted by atomic mass is 32.2. The van der Waals surface area contributed by atoms with E-state index in [-0.39, 0.29) is 22.7 Å². The van der Waals surface area contributed by atoms with Crippen LogP contribution in [0.15, 0.2) is 23.1 Å². The number of anilines is 1. The van der Waals surface area contributed by atoms with Crippen LogP contribution in [0.25, 0.3) is 0 Å². The highest BCUT2D eigenvalue weighted by molar-refractivity contribution is 7.89. The van der Waals surface area contributed by atoms with Crippen LogP contribution in [0.4, 0.5) is 5.69 Å². The number of nitrogens with two attached hydrogens (primary N) is 1. The number of nitrogens with one attached hydrogen (secondary N) is 1. The molecule has 0 saturated heterocycles. The molecule has 0 spiro atoms. The molecule has 0 amide bonds. The third-order valence-electron chi connectivity index (χ3n) is 2.60. The third kappa shape index (κ3) is 5.10. The smallest absolute Gasteiger partial charge is 0.339 e. The van der Waals surface area contributed by atoms with Gasteiger partial charge in [-0.3, -0.25) is 4.21 Å². The second kappa shape index (κ2) is 7.53. The lowest BCUT2D eigenvalue weighted by atomic mass is 10.2. The van der Waals surface area contributed by atoms with E-state index in [1.54, 1.807) is 6.26 Å². The monoisotopic (exact) mass is 334 g/mol. The first-order valence-electron chi connectivity index (χ1n) is 6.05. The molecule has 0 aromatic heterocycles. The van der Waals surface area contributed by atoms with Gasteiger partial charge in [-0.25, -0.2) is 17.9 Å². The zero-order valence-corrected chi connectivity index (χ0v) is 13.4. The summed E-state index contributed by atoms with van der Waals surface area (Å²) in [5, 5.41) is 0. The Kier molecular flexibility index (Phi) is 6.31. The van der Waals surface area contributed by atoms with Crippen LogP contribution in [0, 0.1) is 0 Å². The van der Waals surface area contributed by atoms with E-state index in [4.69, 9.17) is 5.73 Å². The number of benzene rings is 1. The standard InChI is InChI=1S/C12H18N2O5S2/c1-19-12(15)10-5-4-9(13)8-11(10)21(17,18)14-6-3-7-20(2)16/h4-5,8,14H,3,6-7,13H2,1-2H3. The van der Waals surface area contributed by atoms with E-state index in [0.29, 0.717) is 12.2 Å². The van der Waals surface area contributed by atoms with Gasteiger partial charge in [-0.2, -0.15) is 0 Å². The number of hydrogen-bond acceptors (Lipinski definition) is 6. The zero-order chi connectivity index (χ0) is 16.0. The highest BCUT2D eigenvalue weighted by Gasteiger charge is 2.23. The van der Waals surface area contributed by atoms with Crippen molar-refractivity contribution in [2.45, 2.75) is 11.3 Å². The van der Waals surface area contributed by atoms with Gasteiger partial charge in [0.1, 0.15) is 0 Å². The number of nitrogen functional groups attached to an aromatic ring is 1. The molecule has 21 heavy (non-hydrogen) atoms. The van der Waals surface area contributed by atoms with Crippen molar-refractivity contribution in [1.82, 2.24) is 4.72 Å². The van der Waals surface area contributed by atoms with Crippen LogP contribution in [0.1, 0.15) is 16.8 Å². The lowest BCUT2D eigenvalue weighted by Gasteiger charge is -2.11. The molecule has 1 rings (SSSR count). The predicted octanol–water partition coefficient (Wildman–Crippen LogP) is 0.102. The molecule has 0 saturated carbocycles. The minimum Gasteiger partial charge on any atom is -0.465 e. The third-order valence-corrected chi connectivity index (χ3v) is 4.97. The summed E-state index contributed by atoms with van der Waals surface area (Å²) in [6.45, 7) is 0.122. The van der Waals surface area contributed by atoms with Crippen LogP contribution < -0.4 is 10.5 Å². The van der Waals surface area contributed by atoms with Crippen molar-refractivity contribution >= 4 is 32.5 Å². The second-order valence-electron chi connectivity index (χ2n) is 4.28. The van der Waals surface area contributed by atoms with Gasteiger partial charge in [-0.1, -0.05) is 0 Å². The van der Waals surface area contributed by atoms with Crippen LogP contribution >= 0.6 is 0 Å². The van der Waals surface area contributed by atoms with Gasteiger partial charge in [-0.15, -0.1) is 0 Å². The molecule has 0 radical (unpaired) electrons. The molecular formula is C12H18N2O5S2. The number of carbonyl (C=O) groups excluding carboxylic acids is 1. The number of rotatable bonds is 7. The van der Waals surface area contributed by atoms with E-state index in [1.807, 2.05) is 0 Å². The maximum atomic E-state index is 12.2. The van der Waals surface area contributed by atoms with Crippen molar-refractivity contribution in [3.05, 3.63) is 23.8 Å². The molecule has 0 heterocycles. The van der Waals surface area contributed by atoms with Gasteiger partial charge in [0.25, 0.3) is 0 Å². The van der Waals surface area contributed by atoms with E-state index in [2.05, 4.69) is 9.46 Å². The fourth-order valence-corrected chi connectivity index (χ4v) is 3.45. The van der Waals surface area contributed by atoms with Crippen molar-refractivity contribution in [3.8, 4) is 0 Å². The Balaban J connectivity index is 2.99. The van der Waals surface area contributed by atoms with Crippen molar-refractivity contribution in [2.24, 2.45) is 0 Å². The number of ether oxygens (including phenoxy) is 1. The number of carbonyl (C=O) groups is 1. The first-order chi connectivity index (χ1) is 9.77. The van der Waals surface area contributed by atoms with Gasteiger partial charge < -0.3 is 10.5 Å². The molecule has 7 nitrogen and oxygen atoms in total. The molecular weight excluding hydrogens is 316 g/mol. The summed E-state index contributed by atoms with van der Waals surface area (Å²) < 4.78 is 42.3. The van der Waals surface area contributed by atoms with Crippen molar-refractivity contribution < 1.29 is 22.2 Å². The Morgan fingerprint density at radius 1 is 1.43 bits per heavy atom. The van der Waals surface area contributed by atoms with Crippen LogP contribution in [-0.4, -0.2) is 44.3 Å². The van der Waals surface area contributed by atoms with Gasteiger partial charge in [0.2, 0.25) is 10.0 Å². The molecule has 0 aliphatic carbocycles. The van der Waals surface area contributed by atoms with E-state index in [9.17, 15) is 17.4 Å². The topological polar surface area (TPSA) is 116 Å². The molecule has 1 aromatic carbocycles. The zero-order valence-electron chi connectivity index (χ0n) is 11.8. The number of sulfonamides is 1. The van der Waals surface area contributed by atoms with E-state index in [0.717, 1.165) is 0 Å². The Labute approximate surface area is 126 Å². The van der Waals surface area contributed by atoms with E-state index < -0.39 is 26.8 Å². The second-order valence-corrected chi connectivity index (χ2v) is 7.57. The minimum atomic E-state index is -3.90. The number of hydrogen-bond donors (Lipinski definition) is 2. The SMILES string of the molecule is COC(=O)c1ccc(N)cc1S(=O)(=O)NCCCS(C)=O. The fourth-order valence-electron chi connectivity index (χ4n) is 1.60. The lowest BCUT2D eigenvalue weighted by molar-refractivity contribution is 0.0596. The fraction of sp³-hybridized carbons (Fsp3) is 0.417. The normalized spacial score (nSPS) is 12.9. The number of methoxy groups -OCH3 is 1. The summed E-state index contributed by atoms with van der Waals surface area (Å²) >= 11 is 0. The molecule has 0 aliphatic heterocycles. The first kappa shape index (κ1) is 17.6.